The first-order valence-electron chi connectivity index (χ1n) is 6.18. The average Bonchev–Trinajstić information content (AvgIpc) is 3.07. The summed E-state index contributed by atoms with van der Waals surface area (Å²) in [5.41, 5.74) is 5.50. The molecule has 0 unspecified atom stereocenters. The van der Waals surface area contributed by atoms with Crippen molar-refractivity contribution in [2.45, 2.75) is 30.5 Å². The van der Waals surface area contributed by atoms with Crippen molar-refractivity contribution in [2.75, 3.05) is 24.6 Å². The number of hydrogen-bond donors (Lipinski definition) is 1. The van der Waals surface area contributed by atoms with Crippen LogP contribution in [0, 0.1) is 5.92 Å². The Hall–Kier alpha value is -0.820. The largest absolute Gasteiger partial charge is 0.374 e. The Labute approximate surface area is 115 Å². The minimum Gasteiger partial charge on any atom is -0.374 e. The second-order valence-electron chi connectivity index (χ2n) is 4.48. The summed E-state index contributed by atoms with van der Waals surface area (Å²) < 4.78 is 0.767. The molecule has 0 atom stereocenters. The van der Waals surface area contributed by atoms with E-state index >= 15 is 0 Å². The van der Waals surface area contributed by atoms with E-state index in [-0.39, 0.29) is 5.91 Å². The van der Waals surface area contributed by atoms with E-state index in [2.05, 4.69) is 17.1 Å². The lowest BCUT2D eigenvalue weighted by Gasteiger charge is -2.21. The van der Waals surface area contributed by atoms with Gasteiger partial charge in [-0.15, -0.1) is 10.2 Å². The Morgan fingerprint density at radius 2 is 2.33 bits per heavy atom. The Morgan fingerprint density at radius 1 is 1.56 bits per heavy atom. The summed E-state index contributed by atoms with van der Waals surface area (Å²) in [7, 11) is 0. The number of amides is 1. The highest BCUT2D eigenvalue weighted by atomic mass is 32.2. The number of aromatic nitrogens is 2. The zero-order valence-electron chi connectivity index (χ0n) is 10.5. The average molecular weight is 286 g/mol. The molecule has 1 heterocycles. The normalized spacial score (nSPS) is 14.7. The molecular weight excluding hydrogens is 268 g/mol. The van der Waals surface area contributed by atoms with Crippen molar-refractivity contribution in [2.24, 2.45) is 5.92 Å². The van der Waals surface area contributed by atoms with E-state index in [9.17, 15) is 4.79 Å². The molecule has 2 N–H and O–H groups in total. The molecule has 7 heteroatoms. The summed E-state index contributed by atoms with van der Waals surface area (Å²) in [5.74, 6) is 1.37. The van der Waals surface area contributed by atoms with E-state index in [1.54, 1.807) is 0 Å². The van der Waals surface area contributed by atoms with Gasteiger partial charge in [0.1, 0.15) is 0 Å². The van der Waals surface area contributed by atoms with Crippen molar-refractivity contribution >= 4 is 34.1 Å². The van der Waals surface area contributed by atoms with Crippen molar-refractivity contribution in [3.63, 3.8) is 0 Å². The Bertz CT molecular complexity index is 406. The maximum atomic E-state index is 12.1. The van der Waals surface area contributed by atoms with Crippen molar-refractivity contribution in [1.82, 2.24) is 15.1 Å². The van der Waals surface area contributed by atoms with Gasteiger partial charge in [-0.1, -0.05) is 30.0 Å². The molecule has 1 aromatic heterocycles. The molecule has 1 saturated carbocycles. The van der Waals surface area contributed by atoms with Crippen LogP contribution in [-0.4, -0.2) is 39.8 Å². The summed E-state index contributed by atoms with van der Waals surface area (Å²) >= 11 is 2.75. The minimum atomic E-state index is 0.197. The summed E-state index contributed by atoms with van der Waals surface area (Å²) in [5, 5.41) is 8.09. The fraction of sp³-hybridized carbons (Fsp3) is 0.727. The molecule has 0 saturated heterocycles. The van der Waals surface area contributed by atoms with Crippen LogP contribution in [0.15, 0.2) is 4.34 Å². The predicted molar refractivity (Wildman–Crippen MR) is 74.6 cm³/mol. The molecular formula is C11H18N4OS2. The highest BCUT2D eigenvalue weighted by Crippen LogP contribution is 2.30. The molecule has 2 rings (SSSR count). The number of rotatable bonds is 7. The molecule has 0 spiro atoms. The molecule has 5 nitrogen and oxygen atoms in total. The van der Waals surface area contributed by atoms with Gasteiger partial charge in [-0.3, -0.25) is 4.79 Å². The Kier molecular flexibility index (Phi) is 4.82. The van der Waals surface area contributed by atoms with Gasteiger partial charge < -0.3 is 10.6 Å². The zero-order valence-corrected chi connectivity index (χ0v) is 12.1. The third-order valence-electron chi connectivity index (χ3n) is 2.76. The standard InChI is InChI=1S/C11H18N4OS2/c1-2-5-15(6-8-3-4-8)9(16)7-17-11-14-13-10(12)18-11/h8H,2-7H2,1H3,(H2,12,13). The van der Waals surface area contributed by atoms with Crippen molar-refractivity contribution in [3.8, 4) is 0 Å². The number of nitrogens with two attached hydrogens (primary N) is 1. The fourth-order valence-electron chi connectivity index (χ4n) is 1.69. The third-order valence-corrected chi connectivity index (χ3v) is 4.63. The van der Waals surface area contributed by atoms with Gasteiger partial charge in [0.25, 0.3) is 0 Å². The second kappa shape index (κ2) is 6.38. The highest BCUT2D eigenvalue weighted by molar-refractivity contribution is 8.01. The van der Waals surface area contributed by atoms with Gasteiger partial charge in [-0.2, -0.15) is 0 Å². The van der Waals surface area contributed by atoms with E-state index in [0.29, 0.717) is 10.9 Å². The van der Waals surface area contributed by atoms with Crippen molar-refractivity contribution < 1.29 is 4.79 Å². The summed E-state index contributed by atoms with van der Waals surface area (Å²) in [6.07, 6.45) is 3.55. The summed E-state index contributed by atoms with van der Waals surface area (Å²) in [6, 6.07) is 0. The van der Waals surface area contributed by atoms with Crippen LogP contribution in [0.2, 0.25) is 0 Å². The van der Waals surface area contributed by atoms with E-state index in [0.717, 1.165) is 29.8 Å². The lowest BCUT2D eigenvalue weighted by atomic mass is 10.3. The zero-order chi connectivity index (χ0) is 13.0. The SMILES string of the molecule is CCCN(CC1CC1)C(=O)CSc1nnc(N)s1. The van der Waals surface area contributed by atoms with E-state index in [1.807, 2.05) is 4.90 Å². The second-order valence-corrected chi connectivity index (χ2v) is 6.71. The number of hydrogen-bond acceptors (Lipinski definition) is 6. The van der Waals surface area contributed by atoms with Crippen molar-refractivity contribution in [3.05, 3.63) is 0 Å². The summed E-state index contributed by atoms with van der Waals surface area (Å²) in [4.78, 5) is 14.1. The third kappa shape index (κ3) is 4.13. The van der Waals surface area contributed by atoms with E-state index < -0.39 is 0 Å². The summed E-state index contributed by atoms with van der Waals surface area (Å²) in [6.45, 7) is 3.88. The Balaban J connectivity index is 1.80. The molecule has 1 amide bonds. The molecule has 1 aromatic rings. The van der Waals surface area contributed by atoms with E-state index in [1.165, 1.54) is 35.9 Å². The van der Waals surface area contributed by atoms with Crippen LogP contribution in [-0.2, 0) is 4.79 Å². The molecule has 0 bridgehead atoms. The smallest absolute Gasteiger partial charge is 0.233 e. The van der Waals surface area contributed by atoms with Crippen LogP contribution < -0.4 is 5.73 Å². The van der Waals surface area contributed by atoms with Crippen LogP contribution in [0.1, 0.15) is 26.2 Å². The van der Waals surface area contributed by atoms with Gasteiger partial charge in [0.05, 0.1) is 5.75 Å². The first-order chi connectivity index (χ1) is 8.69. The molecule has 100 valence electrons. The number of anilines is 1. The number of thioether (sulfide) groups is 1. The van der Waals surface area contributed by atoms with Gasteiger partial charge >= 0.3 is 0 Å². The van der Waals surface area contributed by atoms with Gasteiger partial charge in [-0.05, 0) is 25.2 Å². The van der Waals surface area contributed by atoms with Gasteiger partial charge in [0.2, 0.25) is 11.0 Å². The fourth-order valence-corrected chi connectivity index (χ4v) is 3.23. The highest BCUT2D eigenvalue weighted by Gasteiger charge is 2.26. The minimum absolute atomic E-state index is 0.197. The predicted octanol–water partition coefficient (Wildman–Crippen LogP) is 1.86. The maximum Gasteiger partial charge on any atom is 0.233 e. The first kappa shape index (κ1) is 13.6. The van der Waals surface area contributed by atoms with Gasteiger partial charge in [0, 0.05) is 13.1 Å². The molecule has 1 aliphatic rings. The lowest BCUT2D eigenvalue weighted by molar-refractivity contribution is -0.128. The van der Waals surface area contributed by atoms with Gasteiger partial charge in [-0.25, -0.2) is 0 Å². The Morgan fingerprint density at radius 3 is 2.89 bits per heavy atom. The first-order valence-corrected chi connectivity index (χ1v) is 7.98. The molecule has 0 aliphatic heterocycles. The number of carbonyl (C=O) groups is 1. The van der Waals surface area contributed by atoms with Crippen LogP contribution >= 0.6 is 23.1 Å². The molecule has 0 aromatic carbocycles. The monoisotopic (exact) mass is 286 g/mol. The number of carbonyl (C=O) groups excluding carboxylic acids is 1. The van der Waals surface area contributed by atoms with Crippen LogP contribution in [0.3, 0.4) is 0 Å². The molecule has 1 fully saturated rings. The molecule has 18 heavy (non-hydrogen) atoms. The molecule has 1 aliphatic carbocycles. The van der Waals surface area contributed by atoms with Crippen molar-refractivity contribution in [1.29, 1.82) is 0 Å². The lowest BCUT2D eigenvalue weighted by Crippen LogP contribution is -2.34. The number of nitrogens with zero attached hydrogens (tertiary/aromatic N) is 3. The van der Waals surface area contributed by atoms with Gasteiger partial charge in [0.15, 0.2) is 4.34 Å². The van der Waals surface area contributed by atoms with Crippen LogP contribution in [0.5, 0.6) is 0 Å². The van der Waals surface area contributed by atoms with Crippen LogP contribution in [0.4, 0.5) is 5.13 Å². The quantitative estimate of drug-likeness (QED) is 0.775. The molecule has 0 radical (unpaired) electrons. The number of nitrogen functional groups attached to an aromatic ring is 1. The maximum absolute atomic E-state index is 12.1. The van der Waals surface area contributed by atoms with Crippen LogP contribution in [0.25, 0.3) is 0 Å². The van der Waals surface area contributed by atoms with E-state index in [4.69, 9.17) is 5.73 Å². The topological polar surface area (TPSA) is 72.1 Å².